The molecule has 0 spiro atoms. The van der Waals surface area contributed by atoms with Crippen molar-refractivity contribution < 1.29 is 9.50 Å². The second-order valence-corrected chi connectivity index (χ2v) is 9.01. The van der Waals surface area contributed by atoms with Crippen LogP contribution in [0.4, 0.5) is 10.2 Å². The lowest BCUT2D eigenvalue weighted by atomic mass is 9.83. The van der Waals surface area contributed by atoms with E-state index in [9.17, 15) is 9.50 Å². The summed E-state index contributed by atoms with van der Waals surface area (Å²) in [5, 5.41) is 24.8. The third kappa shape index (κ3) is 4.02. The number of rotatable bonds is 4. The topological polar surface area (TPSA) is 76.6 Å². The molecule has 3 aliphatic heterocycles. The van der Waals surface area contributed by atoms with E-state index in [0.717, 1.165) is 18.7 Å². The number of hydrogen-bond acceptors (Lipinski definition) is 7. The summed E-state index contributed by atoms with van der Waals surface area (Å²) in [4.78, 5) is 2.21. The molecular weight excluding hydrogens is 407 g/mol. The van der Waals surface area contributed by atoms with Crippen LogP contribution < -0.4 is 15.6 Å². The second kappa shape index (κ2) is 8.43. The van der Waals surface area contributed by atoms with Crippen molar-refractivity contribution in [2.24, 2.45) is 0 Å². The average Bonchev–Trinajstić information content (AvgIpc) is 2.80. The number of hydrogen-bond donors (Lipinski definition) is 3. The van der Waals surface area contributed by atoms with E-state index in [1.807, 2.05) is 13.1 Å². The smallest absolute Gasteiger partial charge is 0.151 e. The van der Waals surface area contributed by atoms with Crippen LogP contribution >= 0.6 is 0 Å². The maximum atomic E-state index is 14.9. The molecule has 3 N–H and O–H groups in total. The quantitative estimate of drug-likeness (QED) is 0.678. The summed E-state index contributed by atoms with van der Waals surface area (Å²) in [5.74, 6) is 0.337. The maximum Gasteiger partial charge on any atom is 0.151 e. The fourth-order valence-corrected chi connectivity index (χ4v) is 5.01. The minimum Gasteiger partial charge on any atom is -0.507 e. The number of fused-ring (bicyclic) bond motifs is 2. The number of aromatic nitrogens is 2. The van der Waals surface area contributed by atoms with Crippen molar-refractivity contribution in [2.75, 3.05) is 19.0 Å². The second-order valence-electron chi connectivity index (χ2n) is 9.01. The lowest BCUT2D eigenvalue weighted by Gasteiger charge is -2.43. The highest BCUT2D eigenvalue weighted by atomic mass is 19.1. The summed E-state index contributed by atoms with van der Waals surface area (Å²) in [5.41, 5.74) is 4.73. The van der Waals surface area contributed by atoms with E-state index in [2.05, 4.69) is 32.9 Å². The molecule has 3 aliphatic rings. The van der Waals surface area contributed by atoms with Gasteiger partial charge < -0.3 is 20.7 Å². The molecule has 2 aromatic rings. The van der Waals surface area contributed by atoms with Crippen molar-refractivity contribution in [3.05, 3.63) is 54.1 Å². The number of piperidine rings is 2. The Balaban J connectivity index is 1.35. The van der Waals surface area contributed by atoms with Gasteiger partial charge in [0.1, 0.15) is 11.6 Å². The largest absolute Gasteiger partial charge is 0.507 e. The van der Waals surface area contributed by atoms with Crippen LogP contribution in [0.3, 0.4) is 0 Å². The van der Waals surface area contributed by atoms with Gasteiger partial charge in [-0.2, -0.15) is 0 Å². The third-order valence-electron chi connectivity index (χ3n) is 6.82. The molecule has 3 atom stereocenters. The van der Waals surface area contributed by atoms with Crippen LogP contribution in [0.25, 0.3) is 16.8 Å². The van der Waals surface area contributed by atoms with Gasteiger partial charge in [-0.15, -0.1) is 10.2 Å². The Kier molecular flexibility index (Phi) is 5.46. The van der Waals surface area contributed by atoms with E-state index < -0.39 is 5.82 Å². The lowest BCUT2D eigenvalue weighted by Crippen LogP contribution is -2.54. The molecule has 2 saturated heterocycles. The summed E-state index contributed by atoms with van der Waals surface area (Å²) in [6.45, 7) is 0. The Morgan fingerprint density at radius 3 is 2.56 bits per heavy atom. The molecule has 7 nitrogen and oxygen atoms in total. The summed E-state index contributed by atoms with van der Waals surface area (Å²) in [6, 6.07) is 8.06. The molecule has 5 rings (SSSR count). The van der Waals surface area contributed by atoms with Gasteiger partial charge in [0.25, 0.3) is 0 Å². The number of nitrogens with zero attached hydrogens (tertiary/aromatic N) is 4. The van der Waals surface area contributed by atoms with Crippen molar-refractivity contribution in [1.29, 1.82) is 0 Å². The zero-order valence-electron chi connectivity index (χ0n) is 18.4. The SMILES string of the molecule is CN1C=CC(c2cc(O)c(-c3ccc(N(C)[C@H]4C[C@H]5CCC[C@@H](C4)N5)nn3)cc2F)=CN1. The van der Waals surface area contributed by atoms with Gasteiger partial charge >= 0.3 is 0 Å². The Morgan fingerprint density at radius 2 is 1.91 bits per heavy atom. The first-order valence-electron chi connectivity index (χ1n) is 11.2. The van der Waals surface area contributed by atoms with Crippen molar-refractivity contribution in [3.8, 4) is 17.0 Å². The van der Waals surface area contributed by atoms with E-state index in [1.165, 1.54) is 31.4 Å². The minimum absolute atomic E-state index is 0.0313. The van der Waals surface area contributed by atoms with Crippen LogP contribution in [-0.2, 0) is 0 Å². The van der Waals surface area contributed by atoms with Crippen LogP contribution in [0.2, 0.25) is 0 Å². The summed E-state index contributed by atoms with van der Waals surface area (Å²) < 4.78 is 14.9. The van der Waals surface area contributed by atoms with Gasteiger partial charge in [0, 0.05) is 61.3 Å². The Labute approximate surface area is 187 Å². The summed E-state index contributed by atoms with van der Waals surface area (Å²) in [7, 11) is 3.91. The fourth-order valence-electron chi connectivity index (χ4n) is 5.01. The molecule has 8 heteroatoms. The van der Waals surface area contributed by atoms with E-state index in [0.29, 0.717) is 40.5 Å². The monoisotopic (exact) mass is 436 g/mol. The van der Waals surface area contributed by atoms with Crippen molar-refractivity contribution in [2.45, 2.75) is 50.2 Å². The number of phenolic OH excluding ortho intramolecular Hbond substituents is 1. The predicted octanol–water partition coefficient (Wildman–Crippen LogP) is 3.40. The van der Waals surface area contributed by atoms with Crippen molar-refractivity contribution >= 4 is 11.4 Å². The van der Waals surface area contributed by atoms with Crippen LogP contribution in [0.15, 0.2) is 42.7 Å². The number of benzene rings is 1. The zero-order chi connectivity index (χ0) is 22.2. The normalized spacial score (nSPS) is 24.7. The van der Waals surface area contributed by atoms with Crippen molar-refractivity contribution in [3.63, 3.8) is 0 Å². The Hall–Kier alpha value is -3.13. The minimum atomic E-state index is -0.427. The molecule has 2 fully saturated rings. The standard InChI is InChI=1S/C24H29FN6O/c1-30-9-8-15(14-26-30)19-13-23(32)20(12-21(19)25)22-6-7-24(29-28-22)31(2)18-10-16-4-3-5-17(11-18)27-16/h6-9,12-14,16-18,26-27,32H,3-5,10-11H2,1-2H3/t16-,17+,18+. The number of phenols is 1. The molecule has 0 unspecified atom stereocenters. The van der Waals surface area contributed by atoms with E-state index in [-0.39, 0.29) is 5.75 Å². The maximum absolute atomic E-state index is 14.9. The number of allylic oxidation sites excluding steroid dienone is 2. The molecule has 0 amide bonds. The predicted molar refractivity (Wildman–Crippen MR) is 123 cm³/mol. The highest BCUT2D eigenvalue weighted by Gasteiger charge is 2.33. The van der Waals surface area contributed by atoms with Gasteiger partial charge in [0.15, 0.2) is 5.82 Å². The van der Waals surface area contributed by atoms with Gasteiger partial charge in [-0.3, -0.25) is 5.01 Å². The molecule has 168 valence electrons. The Bertz CT molecular complexity index is 1040. The molecule has 0 aliphatic carbocycles. The first-order valence-corrected chi connectivity index (χ1v) is 11.2. The Morgan fingerprint density at radius 1 is 1.12 bits per heavy atom. The molecule has 0 radical (unpaired) electrons. The fraction of sp³-hybridized carbons (Fsp3) is 0.417. The zero-order valence-corrected chi connectivity index (χ0v) is 18.4. The molecule has 4 heterocycles. The first-order chi connectivity index (χ1) is 15.5. The first kappa shape index (κ1) is 20.8. The molecular formula is C24H29FN6O. The van der Waals surface area contributed by atoms with Gasteiger partial charge in [-0.05, 0) is 56.0 Å². The highest BCUT2D eigenvalue weighted by molar-refractivity contribution is 5.79. The van der Waals surface area contributed by atoms with Crippen LogP contribution in [0.5, 0.6) is 5.75 Å². The van der Waals surface area contributed by atoms with Crippen LogP contribution in [-0.4, -0.2) is 52.5 Å². The third-order valence-corrected chi connectivity index (χ3v) is 6.82. The van der Waals surface area contributed by atoms with Gasteiger partial charge in [0.05, 0.1) is 5.69 Å². The molecule has 0 saturated carbocycles. The molecule has 1 aromatic carbocycles. The van der Waals surface area contributed by atoms with Gasteiger partial charge in [-0.1, -0.05) is 6.42 Å². The number of anilines is 1. The number of halogens is 1. The van der Waals surface area contributed by atoms with E-state index >= 15 is 0 Å². The van der Waals surface area contributed by atoms with Crippen molar-refractivity contribution in [1.82, 2.24) is 25.9 Å². The number of aromatic hydroxyl groups is 1. The van der Waals surface area contributed by atoms with Crippen LogP contribution in [0, 0.1) is 5.82 Å². The molecule has 1 aromatic heterocycles. The summed E-state index contributed by atoms with van der Waals surface area (Å²) >= 11 is 0. The van der Waals surface area contributed by atoms with Crippen LogP contribution in [0.1, 0.15) is 37.7 Å². The van der Waals surface area contributed by atoms with E-state index in [4.69, 9.17) is 0 Å². The van der Waals surface area contributed by atoms with E-state index in [1.54, 1.807) is 29.6 Å². The average molecular weight is 437 g/mol. The molecule has 2 bridgehead atoms. The summed E-state index contributed by atoms with van der Waals surface area (Å²) in [6.07, 6.45) is 11.3. The number of nitrogens with one attached hydrogen (secondary N) is 2. The lowest BCUT2D eigenvalue weighted by molar-refractivity contribution is 0.219. The van der Waals surface area contributed by atoms with Gasteiger partial charge in [-0.25, -0.2) is 4.39 Å². The van der Waals surface area contributed by atoms with Gasteiger partial charge in [0.2, 0.25) is 0 Å². The molecule has 32 heavy (non-hydrogen) atoms. The number of hydrazine groups is 1. The highest BCUT2D eigenvalue weighted by Crippen LogP contribution is 2.34.